The molecule has 1 fully saturated rings. The van der Waals surface area contributed by atoms with Crippen molar-refractivity contribution in [3.8, 4) is 0 Å². The minimum Gasteiger partial charge on any atom is -0.469 e. The Morgan fingerprint density at radius 1 is 1.37 bits per heavy atom. The SMILES string of the molecule is COC(=O)CCCN1C(=S)N[C@@H](c2ccccn2)[C@H]1c1c(C)[nH]c(C)c1I. The molecule has 1 aliphatic heterocycles. The third-order valence-corrected chi connectivity index (χ3v) is 6.59. The van der Waals surface area contributed by atoms with Gasteiger partial charge >= 0.3 is 5.97 Å². The number of aryl methyl sites for hydroxylation is 2. The molecule has 0 spiro atoms. The third kappa shape index (κ3) is 4.11. The lowest BCUT2D eigenvalue weighted by Gasteiger charge is -2.28. The van der Waals surface area contributed by atoms with E-state index in [0.717, 1.165) is 17.1 Å². The van der Waals surface area contributed by atoms with Crippen LogP contribution in [0, 0.1) is 17.4 Å². The lowest BCUT2D eigenvalue weighted by atomic mass is 9.96. The number of aromatic amines is 1. The second-order valence-corrected chi connectivity index (χ2v) is 8.07. The monoisotopic (exact) mass is 498 g/mol. The molecule has 2 aromatic heterocycles. The summed E-state index contributed by atoms with van der Waals surface area (Å²) < 4.78 is 5.97. The van der Waals surface area contributed by atoms with Crippen molar-refractivity contribution in [2.45, 2.75) is 38.8 Å². The summed E-state index contributed by atoms with van der Waals surface area (Å²) >= 11 is 8.05. The number of halogens is 1. The lowest BCUT2D eigenvalue weighted by Crippen LogP contribution is -2.31. The van der Waals surface area contributed by atoms with Gasteiger partial charge in [-0.3, -0.25) is 9.78 Å². The topological polar surface area (TPSA) is 70.2 Å². The van der Waals surface area contributed by atoms with Crippen LogP contribution in [-0.2, 0) is 9.53 Å². The summed E-state index contributed by atoms with van der Waals surface area (Å²) in [5.74, 6) is -0.200. The molecule has 27 heavy (non-hydrogen) atoms. The van der Waals surface area contributed by atoms with Gasteiger partial charge in [0.05, 0.1) is 24.9 Å². The molecule has 144 valence electrons. The second kappa shape index (κ2) is 8.55. The Morgan fingerprint density at radius 2 is 2.15 bits per heavy atom. The maximum atomic E-state index is 11.5. The number of nitrogens with zero attached hydrogens (tertiary/aromatic N) is 2. The van der Waals surface area contributed by atoms with Crippen molar-refractivity contribution in [1.82, 2.24) is 20.2 Å². The molecule has 3 rings (SSSR count). The Hall–Kier alpha value is -1.68. The van der Waals surface area contributed by atoms with Crippen molar-refractivity contribution in [1.29, 1.82) is 0 Å². The number of methoxy groups -OCH3 is 1. The number of pyridine rings is 1. The summed E-state index contributed by atoms with van der Waals surface area (Å²) in [5.41, 5.74) is 4.46. The first kappa shape index (κ1) is 20.1. The molecule has 8 heteroatoms. The summed E-state index contributed by atoms with van der Waals surface area (Å²) in [6, 6.07) is 5.90. The van der Waals surface area contributed by atoms with Crippen molar-refractivity contribution in [3.05, 3.63) is 50.6 Å². The van der Waals surface area contributed by atoms with Gasteiger partial charge in [0.1, 0.15) is 0 Å². The van der Waals surface area contributed by atoms with Crippen LogP contribution in [0.3, 0.4) is 0 Å². The van der Waals surface area contributed by atoms with Crippen molar-refractivity contribution in [2.24, 2.45) is 0 Å². The molecule has 0 saturated carbocycles. The predicted molar refractivity (Wildman–Crippen MR) is 116 cm³/mol. The Morgan fingerprint density at radius 3 is 2.74 bits per heavy atom. The molecule has 0 unspecified atom stereocenters. The summed E-state index contributed by atoms with van der Waals surface area (Å²) in [6.07, 6.45) is 2.86. The van der Waals surface area contributed by atoms with E-state index < -0.39 is 0 Å². The molecule has 0 aliphatic carbocycles. The quantitative estimate of drug-likeness (QED) is 0.361. The first-order valence-corrected chi connectivity index (χ1v) is 10.3. The van der Waals surface area contributed by atoms with Crippen molar-refractivity contribution < 1.29 is 9.53 Å². The van der Waals surface area contributed by atoms with Crippen LogP contribution >= 0.6 is 34.8 Å². The highest BCUT2D eigenvalue weighted by Gasteiger charge is 2.41. The number of carbonyl (C=O) groups is 1. The Bertz CT molecular complexity index is 840. The molecule has 1 saturated heterocycles. The number of thiocarbonyl (C=S) groups is 1. The van der Waals surface area contributed by atoms with Gasteiger partial charge in [0.2, 0.25) is 0 Å². The minimum atomic E-state index is -0.200. The highest BCUT2D eigenvalue weighted by molar-refractivity contribution is 14.1. The molecule has 6 nitrogen and oxygen atoms in total. The fourth-order valence-corrected chi connectivity index (χ4v) is 4.77. The van der Waals surface area contributed by atoms with Crippen LogP contribution in [0.25, 0.3) is 0 Å². The Labute approximate surface area is 178 Å². The predicted octanol–water partition coefficient (Wildman–Crippen LogP) is 3.56. The first-order chi connectivity index (χ1) is 12.9. The minimum absolute atomic E-state index is 0.0156. The van der Waals surface area contributed by atoms with E-state index >= 15 is 0 Å². The van der Waals surface area contributed by atoms with Gasteiger partial charge in [-0.05, 0) is 67.2 Å². The lowest BCUT2D eigenvalue weighted by molar-refractivity contribution is -0.140. The average molecular weight is 498 g/mol. The van der Waals surface area contributed by atoms with E-state index in [1.54, 1.807) is 6.20 Å². The number of aromatic nitrogens is 2. The molecule has 0 bridgehead atoms. The number of carbonyl (C=O) groups excluding carboxylic acids is 1. The number of nitrogens with one attached hydrogen (secondary N) is 2. The third-order valence-electron chi connectivity index (χ3n) is 4.85. The highest BCUT2D eigenvalue weighted by Crippen LogP contribution is 2.42. The summed E-state index contributed by atoms with van der Waals surface area (Å²) in [7, 11) is 1.42. The van der Waals surface area contributed by atoms with E-state index in [1.807, 2.05) is 18.2 Å². The largest absolute Gasteiger partial charge is 0.469 e. The van der Waals surface area contributed by atoms with Gasteiger partial charge in [-0.25, -0.2) is 0 Å². The summed E-state index contributed by atoms with van der Waals surface area (Å²) in [4.78, 5) is 21.7. The molecular weight excluding hydrogens is 475 g/mol. The van der Waals surface area contributed by atoms with Gasteiger partial charge in [0, 0.05) is 39.7 Å². The van der Waals surface area contributed by atoms with Crippen molar-refractivity contribution in [2.75, 3.05) is 13.7 Å². The zero-order valence-electron chi connectivity index (χ0n) is 15.6. The molecule has 0 radical (unpaired) electrons. The van der Waals surface area contributed by atoms with E-state index in [1.165, 1.54) is 16.2 Å². The van der Waals surface area contributed by atoms with Gasteiger partial charge in [0.15, 0.2) is 5.11 Å². The van der Waals surface area contributed by atoms with Gasteiger partial charge in [-0.15, -0.1) is 0 Å². The average Bonchev–Trinajstić information content (AvgIpc) is 3.11. The molecule has 1 aliphatic rings. The fourth-order valence-electron chi connectivity index (χ4n) is 3.58. The zero-order valence-corrected chi connectivity index (χ0v) is 18.6. The van der Waals surface area contributed by atoms with Crippen LogP contribution in [0.1, 0.15) is 47.6 Å². The number of hydrogen-bond donors (Lipinski definition) is 2. The smallest absolute Gasteiger partial charge is 0.305 e. The first-order valence-electron chi connectivity index (χ1n) is 8.83. The molecule has 2 atom stereocenters. The number of esters is 1. The van der Waals surface area contributed by atoms with E-state index in [9.17, 15) is 4.79 Å². The highest BCUT2D eigenvalue weighted by atomic mass is 127. The normalized spacial score (nSPS) is 19.3. The molecule has 0 aromatic carbocycles. The molecule has 3 heterocycles. The van der Waals surface area contributed by atoms with Crippen LogP contribution in [0.15, 0.2) is 24.4 Å². The van der Waals surface area contributed by atoms with Gasteiger partial charge < -0.3 is 19.9 Å². The van der Waals surface area contributed by atoms with E-state index in [-0.39, 0.29) is 18.1 Å². The zero-order chi connectivity index (χ0) is 19.6. The Kier molecular flexibility index (Phi) is 6.36. The maximum Gasteiger partial charge on any atom is 0.305 e. The molecule has 2 N–H and O–H groups in total. The molecular formula is C19H23IN4O2S. The number of rotatable bonds is 6. The van der Waals surface area contributed by atoms with Crippen LogP contribution in [-0.4, -0.2) is 39.6 Å². The van der Waals surface area contributed by atoms with Gasteiger partial charge in [-0.1, -0.05) is 6.07 Å². The number of H-pyrrole nitrogens is 1. The molecule has 2 aromatic rings. The van der Waals surface area contributed by atoms with Crippen LogP contribution in [0.4, 0.5) is 0 Å². The van der Waals surface area contributed by atoms with Crippen molar-refractivity contribution >= 4 is 45.9 Å². The second-order valence-electron chi connectivity index (χ2n) is 6.60. The van der Waals surface area contributed by atoms with E-state index in [4.69, 9.17) is 17.0 Å². The number of ether oxygens (including phenoxy) is 1. The van der Waals surface area contributed by atoms with Crippen LogP contribution in [0.2, 0.25) is 0 Å². The standard InChI is InChI=1S/C19H23IN4O2S/c1-11-15(16(20)12(2)22-11)18-17(13-7-4-5-9-21-13)23-19(27)24(18)10-6-8-14(25)26-3/h4-5,7,9,17-18,22H,6,8,10H2,1-3H3,(H,23,27)/t17-,18+/m0/s1. The summed E-state index contributed by atoms with van der Waals surface area (Å²) in [6.45, 7) is 4.85. The number of hydrogen-bond acceptors (Lipinski definition) is 4. The molecule has 0 amide bonds. The van der Waals surface area contributed by atoms with Crippen LogP contribution < -0.4 is 5.32 Å². The van der Waals surface area contributed by atoms with Gasteiger partial charge in [0.25, 0.3) is 0 Å². The fraction of sp³-hybridized carbons (Fsp3) is 0.421. The maximum absolute atomic E-state index is 11.5. The van der Waals surface area contributed by atoms with E-state index in [2.05, 4.69) is 56.6 Å². The summed E-state index contributed by atoms with van der Waals surface area (Å²) in [5, 5.41) is 4.14. The van der Waals surface area contributed by atoms with E-state index in [0.29, 0.717) is 24.5 Å². The van der Waals surface area contributed by atoms with Crippen LogP contribution in [0.5, 0.6) is 0 Å². The van der Waals surface area contributed by atoms with Gasteiger partial charge in [-0.2, -0.15) is 0 Å². The van der Waals surface area contributed by atoms with Crippen molar-refractivity contribution in [3.63, 3.8) is 0 Å². The Balaban J connectivity index is 1.96.